The van der Waals surface area contributed by atoms with Crippen LogP contribution in [0.25, 0.3) is 0 Å². The highest BCUT2D eigenvalue weighted by atomic mass is 31.1. The van der Waals surface area contributed by atoms with Crippen molar-refractivity contribution in [3.05, 3.63) is 0 Å². The zero-order valence-corrected chi connectivity index (χ0v) is 6.10. The van der Waals surface area contributed by atoms with Gasteiger partial charge in [-0.2, -0.15) is 0 Å². The highest BCUT2D eigenvalue weighted by Crippen LogP contribution is 2.16. The van der Waals surface area contributed by atoms with E-state index in [4.69, 9.17) is 4.74 Å². The molecule has 0 aromatic rings. The van der Waals surface area contributed by atoms with Gasteiger partial charge in [0.05, 0.1) is 6.54 Å². The van der Waals surface area contributed by atoms with Crippen molar-refractivity contribution in [2.45, 2.75) is 5.85 Å². The predicted molar refractivity (Wildman–Crippen MR) is 36.9 cm³/mol. The van der Waals surface area contributed by atoms with Crippen LogP contribution < -0.4 is 0 Å². The van der Waals surface area contributed by atoms with Crippen LogP contribution in [0.1, 0.15) is 0 Å². The number of rotatable bonds is 1. The minimum Gasteiger partial charge on any atom is -0.435 e. The second-order valence-electron chi connectivity index (χ2n) is 1.90. The Morgan fingerprint density at radius 3 is 2.89 bits per heavy atom. The van der Waals surface area contributed by atoms with Gasteiger partial charge in [0, 0.05) is 7.05 Å². The lowest BCUT2D eigenvalue weighted by atomic mass is 10.7. The Labute approximate surface area is 55.4 Å². The van der Waals surface area contributed by atoms with Crippen molar-refractivity contribution in [1.29, 1.82) is 0 Å². The van der Waals surface area contributed by atoms with Crippen LogP contribution in [0.15, 0.2) is 0 Å². The van der Waals surface area contributed by atoms with Gasteiger partial charge in [-0.3, -0.25) is 0 Å². The summed E-state index contributed by atoms with van der Waals surface area (Å²) in [5, 5.41) is 0. The molecule has 4 heteroatoms. The zero-order valence-electron chi connectivity index (χ0n) is 5.20. The number of ether oxygens (including phenoxy) is 1. The molecule has 3 nitrogen and oxygen atoms in total. The molecule has 1 heterocycles. The van der Waals surface area contributed by atoms with E-state index in [9.17, 15) is 4.79 Å². The van der Waals surface area contributed by atoms with Crippen molar-refractivity contribution in [1.82, 2.24) is 4.90 Å². The van der Waals surface area contributed by atoms with E-state index in [1.807, 2.05) is 0 Å². The molecule has 1 rings (SSSR count). The van der Waals surface area contributed by atoms with Gasteiger partial charge in [0.25, 0.3) is 0 Å². The van der Waals surface area contributed by atoms with E-state index >= 15 is 0 Å². The molecular formula is C5H8NO2P. The maximum atomic E-state index is 10.6. The molecule has 1 aliphatic heterocycles. The zero-order chi connectivity index (χ0) is 6.85. The molecule has 0 N–H and O–H groups in total. The fraction of sp³-hybridized carbons (Fsp3) is 0.600. The smallest absolute Gasteiger partial charge is 0.410 e. The van der Waals surface area contributed by atoms with Crippen molar-refractivity contribution >= 4 is 20.6 Å². The van der Waals surface area contributed by atoms with Crippen molar-refractivity contribution in [2.75, 3.05) is 13.6 Å². The molecule has 1 fully saturated rings. The SMILES string of the molecule is C=PC1CN(C)C(=O)O1. The highest BCUT2D eigenvalue weighted by molar-refractivity contribution is 7.37. The fourth-order valence-electron chi connectivity index (χ4n) is 0.647. The normalized spacial score (nSPS) is 27.0. The van der Waals surface area contributed by atoms with Gasteiger partial charge in [-0.1, -0.05) is 14.5 Å². The standard InChI is InChI=1S/C5H8NO2P/c1-6-3-4(9-2)8-5(6)7/h4H,2-3H2,1H3. The summed E-state index contributed by atoms with van der Waals surface area (Å²) < 4.78 is 4.83. The average molecular weight is 145 g/mol. The van der Waals surface area contributed by atoms with Gasteiger partial charge < -0.3 is 9.64 Å². The van der Waals surface area contributed by atoms with Crippen LogP contribution in [0, 0.1) is 0 Å². The molecule has 1 amide bonds. The molecule has 50 valence electrons. The Morgan fingerprint density at radius 2 is 2.67 bits per heavy atom. The van der Waals surface area contributed by atoms with Crippen LogP contribution >= 0.6 is 8.20 Å². The number of carbonyl (C=O) groups excluding carboxylic acids is 1. The van der Waals surface area contributed by atoms with Gasteiger partial charge in [-0.05, 0) is 0 Å². The molecule has 0 radical (unpaired) electrons. The number of likely N-dealkylation sites (N-methyl/N-ethyl adjacent to an activating group) is 1. The van der Waals surface area contributed by atoms with E-state index in [1.165, 1.54) is 0 Å². The Kier molecular flexibility index (Phi) is 1.72. The van der Waals surface area contributed by atoms with Crippen LogP contribution in [0.4, 0.5) is 4.79 Å². The lowest BCUT2D eigenvalue weighted by Crippen LogP contribution is -2.18. The summed E-state index contributed by atoms with van der Waals surface area (Å²) in [5.74, 6) is -0.0116. The molecule has 0 aliphatic carbocycles. The Balaban J connectivity index is 2.53. The van der Waals surface area contributed by atoms with E-state index in [1.54, 1.807) is 11.9 Å². The van der Waals surface area contributed by atoms with Crippen LogP contribution in [0.3, 0.4) is 0 Å². The first kappa shape index (κ1) is 6.56. The number of cyclic esters (lactones) is 1. The topological polar surface area (TPSA) is 29.5 Å². The summed E-state index contributed by atoms with van der Waals surface area (Å²) in [4.78, 5) is 12.2. The molecular weight excluding hydrogens is 137 g/mol. The molecule has 0 bridgehead atoms. The first-order valence-electron chi connectivity index (χ1n) is 2.61. The van der Waals surface area contributed by atoms with E-state index in [0.717, 1.165) is 8.20 Å². The molecule has 1 unspecified atom stereocenters. The van der Waals surface area contributed by atoms with Crippen LogP contribution in [-0.2, 0) is 4.74 Å². The third-order valence-electron chi connectivity index (χ3n) is 1.18. The largest absolute Gasteiger partial charge is 0.435 e. The molecule has 1 saturated heterocycles. The number of amides is 1. The molecule has 9 heavy (non-hydrogen) atoms. The molecule has 0 aromatic carbocycles. The first-order chi connectivity index (χ1) is 4.24. The lowest BCUT2D eigenvalue weighted by Gasteiger charge is -1.99. The highest BCUT2D eigenvalue weighted by Gasteiger charge is 2.25. The van der Waals surface area contributed by atoms with Crippen molar-refractivity contribution in [3.63, 3.8) is 0 Å². The second kappa shape index (κ2) is 2.36. The monoisotopic (exact) mass is 145 g/mol. The van der Waals surface area contributed by atoms with Crippen molar-refractivity contribution in [2.24, 2.45) is 0 Å². The number of hydrogen-bond donors (Lipinski definition) is 0. The van der Waals surface area contributed by atoms with E-state index in [2.05, 4.69) is 6.30 Å². The Morgan fingerprint density at radius 1 is 2.00 bits per heavy atom. The van der Waals surface area contributed by atoms with Gasteiger partial charge in [0.1, 0.15) is 0 Å². The average Bonchev–Trinajstić information content (AvgIpc) is 2.13. The molecule has 1 atom stereocenters. The lowest BCUT2D eigenvalue weighted by molar-refractivity contribution is 0.157. The molecule has 0 aromatic heterocycles. The first-order valence-corrected chi connectivity index (χ1v) is 3.76. The summed E-state index contributed by atoms with van der Waals surface area (Å²) in [6, 6.07) is 0. The third kappa shape index (κ3) is 1.22. The number of nitrogens with zero attached hydrogens (tertiary/aromatic N) is 1. The quantitative estimate of drug-likeness (QED) is 0.510. The Bertz CT molecular complexity index is 148. The maximum absolute atomic E-state index is 10.6. The summed E-state index contributed by atoms with van der Waals surface area (Å²) in [5.41, 5.74) is 0. The second-order valence-corrected chi connectivity index (χ2v) is 2.84. The summed E-state index contributed by atoms with van der Waals surface area (Å²) >= 11 is 0. The van der Waals surface area contributed by atoms with Crippen LogP contribution in [0.2, 0.25) is 0 Å². The van der Waals surface area contributed by atoms with Gasteiger partial charge >= 0.3 is 6.09 Å². The van der Waals surface area contributed by atoms with Crippen LogP contribution in [-0.4, -0.2) is 36.7 Å². The van der Waals surface area contributed by atoms with Crippen molar-refractivity contribution in [3.8, 4) is 0 Å². The number of hydrogen-bond acceptors (Lipinski definition) is 2. The van der Waals surface area contributed by atoms with Gasteiger partial charge in [0.15, 0.2) is 5.85 Å². The number of carbonyl (C=O) groups is 1. The maximum Gasteiger partial charge on any atom is 0.410 e. The molecule has 1 aliphatic rings. The van der Waals surface area contributed by atoms with E-state index in [-0.39, 0.29) is 11.9 Å². The molecule has 0 spiro atoms. The Hall–Kier alpha value is -0.560. The van der Waals surface area contributed by atoms with Crippen LogP contribution in [0.5, 0.6) is 0 Å². The van der Waals surface area contributed by atoms with Crippen molar-refractivity contribution < 1.29 is 9.53 Å². The predicted octanol–water partition coefficient (Wildman–Crippen LogP) is 0.773. The molecule has 0 saturated carbocycles. The summed E-state index contributed by atoms with van der Waals surface area (Å²) in [7, 11) is 2.59. The fourth-order valence-corrected chi connectivity index (χ4v) is 1.17. The van der Waals surface area contributed by atoms with Gasteiger partial charge in [0.2, 0.25) is 0 Å². The summed E-state index contributed by atoms with van der Waals surface area (Å²) in [6.07, 6.45) is 3.37. The van der Waals surface area contributed by atoms with Gasteiger partial charge in [-0.25, -0.2) is 4.79 Å². The minimum absolute atomic E-state index is 0.0116. The van der Waals surface area contributed by atoms with E-state index in [0.29, 0.717) is 6.54 Å². The summed E-state index contributed by atoms with van der Waals surface area (Å²) in [6.45, 7) is 0.671. The van der Waals surface area contributed by atoms with Gasteiger partial charge in [-0.15, -0.1) is 0 Å². The third-order valence-corrected chi connectivity index (χ3v) is 1.86. The van der Waals surface area contributed by atoms with E-state index < -0.39 is 0 Å². The minimum atomic E-state index is -0.240.